The molecule has 1 heterocycles. The number of esters is 2. The van der Waals surface area contributed by atoms with Crippen molar-refractivity contribution in [2.24, 2.45) is 5.41 Å². The van der Waals surface area contributed by atoms with Gasteiger partial charge in [-0.05, 0) is 105 Å². The van der Waals surface area contributed by atoms with E-state index in [0.29, 0.717) is 22.6 Å². The minimum Gasteiger partial charge on any atom is -0.493 e. The van der Waals surface area contributed by atoms with Gasteiger partial charge in [0, 0.05) is 43.1 Å². The molecule has 0 radical (unpaired) electrons. The Labute approximate surface area is 407 Å². The normalized spacial score (nSPS) is 15.9. The Kier molecular flexibility index (Phi) is 16.2. The van der Waals surface area contributed by atoms with Crippen LogP contribution >= 0.6 is 0 Å². The number of carbonyl (C=O) groups excluding carboxylic acids is 6. The third kappa shape index (κ3) is 11.7. The Morgan fingerprint density at radius 1 is 0.814 bits per heavy atom. The molecule has 1 saturated heterocycles. The molecule has 370 valence electrons. The van der Waals surface area contributed by atoms with E-state index in [1.54, 1.807) is 63.2 Å². The first-order valence-corrected chi connectivity index (χ1v) is 23.0. The number of carbonyl (C=O) groups is 7. The fourth-order valence-electron chi connectivity index (χ4n) is 9.11. The van der Waals surface area contributed by atoms with E-state index in [2.05, 4.69) is 11.9 Å². The number of carboxylic acid groups (broad SMARTS) is 1. The van der Waals surface area contributed by atoms with E-state index in [1.165, 1.54) is 33.0 Å². The van der Waals surface area contributed by atoms with Crippen LogP contribution in [-0.4, -0.2) is 115 Å². The topological polar surface area (TPSA) is 204 Å². The van der Waals surface area contributed by atoms with Crippen molar-refractivity contribution in [3.63, 3.8) is 0 Å². The number of carboxylic acids is 1. The number of fused-ring (bicyclic) bond motifs is 3. The lowest BCUT2D eigenvalue weighted by atomic mass is 9.72. The molecule has 1 aliphatic heterocycles. The number of aliphatic carboxylic acids is 1. The highest BCUT2D eigenvalue weighted by molar-refractivity contribution is 6.38. The molecule has 1 aliphatic carbocycles. The van der Waals surface area contributed by atoms with Crippen LogP contribution in [0.3, 0.4) is 0 Å². The van der Waals surface area contributed by atoms with E-state index < -0.39 is 83.8 Å². The van der Waals surface area contributed by atoms with Crippen molar-refractivity contribution in [3.8, 4) is 22.6 Å². The summed E-state index contributed by atoms with van der Waals surface area (Å²) in [6.45, 7) is 9.55. The van der Waals surface area contributed by atoms with Crippen LogP contribution in [-0.2, 0) is 49.4 Å². The summed E-state index contributed by atoms with van der Waals surface area (Å²) in [6, 6.07) is 27.3. The molecule has 0 aromatic heterocycles. The first-order chi connectivity index (χ1) is 33.2. The molecule has 2 N–H and O–H groups in total. The molecule has 4 aromatic rings. The summed E-state index contributed by atoms with van der Waals surface area (Å²) >= 11 is 0. The van der Waals surface area contributed by atoms with E-state index in [1.807, 2.05) is 48.5 Å². The largest absolute Gasteiger partial charge is 0.493 e. The lowest BCUT2D eigenvalue weighted by Gasteiger charge is -2.51. The molecule has 16 nitrogen and oxygen atoms in total. The number of rotatable bonds is 19. The summed E-state index contributed by atoms with van der Waals surface area (Å²) in [6.07, 6.45) is -0.115. The number of piperazine rings is 1. The van der Waals surface area contributed by atoms with Gasteiger partial charge in [0.25, 0.3) is 5.91 Å². The van der Waals surface area contributed by atoms with E-state index >= 15 is 0 Å². The van der Waals surface area contributed by atoms with Crippen LogP contribution in [0.2, 0.25) is 0 Å². The summed E-state index contributed by atoms with van der Waals surface area (Å²) in [5.74, 6) is -6.25. The average molecular weight is 960 g/mol. The molecule has 1 unspecified atom stereocenters. The summed E-state index contributed by atoms with van der Waals surface area (Å²) in [5.41, 5.74) is 0.544. The second kappa shape index (κ2) is 21.9. The molecule has 0 bridgehead atoms. The van der Waals surface area contributed by atoms with Gasteiger partial charge in [-0.3, -0.25) is 19.2 Å². The highest BCUT2D eigenvalue weighted by Gasteiger charge is 2.58. The maximum atomic E-state index is 14.9. The average Bonchev–Trinajstić information content (AvgIpc) is 3.66. The number of hydrogen-bond donors (Lipinski definition) is 2. The van der Waals surface area contributed by atoms with E-state index in [9.17, 15) is 38.7 Å². The Morgan fingerprint density at radius 2 is 1.47 bits per heavy atom. The van der Waals surface area contributed by atoms with Gasteiger partial charge >= 0.3 is 24.0 Å². The number of Topliss-reactive ketones (excluding diaryl/α,β-unsaturated/α-hetero) is 1. The quantitative estimate of drug-likeness (QED) is 0.0400. The van der Waals surface area contributed by atoms with Gasteiger partial charge in [0.15, 0.2) is 17.0 Å². The summed E-state index contributed by atoms with van der Waals surface area (Å²) in [5, 5.41) is 14.6. The van der Waals surface area contributed by atoms with Crippen molar-refractivity contribution < 1.29 is 62.4 Å². The number of nitrogens with one attached hydrogen (secondary N) is 1. The zero-order valence-electron chi connectivity index (χ0n) is 40.7. The first kappa shape index (κ1) is 51.9. The standard InChI is InChI=1S/C54H61N3O13/c1-9-46(59)69-33-53(5,6)48(61)49(62)57-28-27-56(51(65)68-31-41-39-19-12-10-17-37(39)38-18-11-13-20-40(38)41)32-54(57,50(63)64)42(23-21-34-22-24-43(66-7)44(29-34)67-8)35-15-14-16-36(30-35)55-45(58)25-26-47(60)70-52(2,3)4/h9-20,22,24,29-30,41-42H,1,21,23,25-28,31-33H2,2-8H3,(H,55,58)(H,63,64)/t42-,54?/m1/s1. The molecule has 16 heteroatoms. The third-order valence-corrected chi connectivity index (χ3v) is 12.6. The zero-order chi connectivity index (χ0) is 51.0. The van der Waals surface area contributed by atoms with Crippen molar-refractivity contribution in [2.45, 2.75) is 83.3 Å². The Balaban J connectivity index is 1.41. The Hall–Kier alpha value is -7.49. The molecule has 6 rings (SSSR count). The smallest absolute Gasteiger partial charge is 0.409 e. The van der Waals surface area contributed by atoms with Crippen LogP contribution in [0.25, 0.3) is 11.1 Å². The monoisotopic (exact) mass is 959 g/mol. The number of amides is 3. The Bertz CT molecular complexity index is 2610. The summed E-state index contributed by atoms with van der Waals surface area (Å²) < 4.78 is 27.6. The maximum Gasteiger partial charge on any atom is 0.409 e. The van der Waals surface area contributed by atoms with Gasteiger partial charge in [0.05, 0.1) is 32.6 Å². The minimum atomic E-state index is -2.36. The molecule has 0 spiro atoms. The van der Waals surface area contributed by atoms with Crippen molar-refractivity contribution in [3.05, 3.63) is 126 Å². The van der Waals surface area contributed by atoms with E-state index in [0.717, 1.165) is 33.2 Å². The molecule has 1 fully saturated rings. The van der Waals surface area contributed by atoms with Gasteiger partial charge in [-0.2, -0.15) is 0 Å². The molecule has 2 aliphatic rings. The predicted molar refractivity (Wildman–Crippen MR) is 259 cm³/mol. The van der Waals surface area contributed by atoms with Crippen molar-refractivity contribution in [1.29, 1.82) is 0 Å². The predicted octanol–water partition coefficient (Wildman–Crippen LogP) is 7.72. The van der Waals surface area contributed by atoms with Crippen molar-refractivity contribution in [1.82, 2.24) is 9.80 Å². The SMILES string of the molecule is C=CC(=O)OCC(C)(C)C(=O)C(=O)N1CCN(C(=O)OCC2c3ccccc3-c3ccccc32)CC1(C(=O)O)[C@H](CCc1ccc(OC)c(OC)c1)c1cccc(NC(=O)CCC(=O)OC(C)(C)C)c1. The van der Waals surface area contributed by atoms with Crippen LogP contribution < -0.4 is 14.8 Å². The van der Waals surface area contributed by atoms with Crippen LogP contribution in [0.15, 0.2) is 104 Å². The number of nitrogens with zero attached hydrogens (tertiary/aromatic N) is 2. The molecule has 0 saturated carbocycles. The molecule has 70 heavy (non-hydrogen) atoms. The number of methoxy groups -OCH3 is 2. The summed E-state index contributed by atoms with van der Waals surface area (Å²) in [7, 11) is 2.98. The number of anilines is 1. The van der Waals surface area contributed by atoms with E-state index in [4.69, 9.17) is 23.7 Å². The van der Waals surface area contributed by atoms with E-state index in [-0.39, 0.29) is 50.4 Å². The van der Waals surface area contributed by atoms with Gasteiger partial charge < -0.3 is 43.9 Å². The highest BCUT2D eigenvalue weighted by Crippen LogP contribution is 2.46. The molecule has 2 atom stereocenters. The fraction of sp³-hybridized carbons (Fsp3) is 0.389. The maximum absolute atomic E-state index is 14.9. The van der Waals surface area contributed by atoms with Crippen LogP contribution in [0.5, 0.6) is 11.5 Å². The van der Waals surface area contributed by atoms with Gasteiger partial charge in [-0.15, -0.1) is 0 Å². The minimum absolute atomic E-state index is 0.00860. The van der Waals surface area contributed by atoms with Gasteiger partial charge in [0.2, 0.25) is 11.7 Å². The van der Waals surface area contributed by atoms with Gasteiger partial charge in [-0.25, -0.2) is 14.4 Å². The summed E-state index contributed by atoms with van der Waals surface area (Å²) in [4.78, 5) is 98.3. The fourth-order valence-corrected chi connectivity index (χ4v) is 9.11. The van der Waals surface area contributed by atoms with Crippen LogP contribution in [0, 0.1) is 5.41 Å². The third-order valence-electron chi connectivity index (χ3n) is 12.6. The lowest BCUT2D eigenvalue weighted by Crippen LogP contribution is -2.72. The molecular formula is C54H61N3O13. The molecule has 4 aromatic carbocycles. The highest BCUT2D eigenvalue weighted by atomic mass is 16.6. The number of benzene rings is 4. The van der Waals surface area contributed by atoms with Crippen LogP contribution in [0.4, 0.5) is 10.5 Å². The molecule has 3 amide bonds. The zero-order valence-corrected chi connectivity index (χ0v) is 40.7. The van der Waals surface area contributed by atoms with Crippen molar-refractivity contribution >= 4 is 47.3 Å². The number of aryl methyl sites for hydroxylation is 1. The van der Waals surface area contributed by atoms with Crippen molar-refractivity contribution in [2.75, 3.05) is 52.4 Å². The number of ether oxygens (including phenoxy) is 5. The number of ketones is 1. The second-order valence-electron chi connectivity index (χ2n) is 19.0. The van der Waals surface area contributed by atoms with Crippen LogP contribution in [0.1, 0.15) is 88.0 Å². The lowest BCUT2D eigenvalue weighted by molar-refractivity contribution is -0.171. The Morgan fingerprint density at radius 3 is 2.09 bits per heavy atom. The second-order valence-corrected chi connectivity index (χ2v) is 19.0. The number of hydrogen-bond acceptors (Lipinski definition) is 12. The van der Waals surface area contributed by atoms with Gasteiger partial charge in [-0.1, -0.05) is 73.3 Å². The molecular weight excluding hydrogens is 899 g/mol. The first-order valence-electron chi connectivity index (χ1n) is 23.0. The van der Waals surface area contributed by atoms with Gasteiger partial charge in [0.1, 0.15) is 18.8 Å².